The van der Waals surface area contributed by atoms with E-state index in [0.717, 1.165) is 12.1 Å². The second-order valence-corrected chi connectivity index (χ2v) is 3.49. The summed E-state index contributed by atoms with van der Waals surface area (Å²) in [4.78, 5) is 8.94. The Kier molecular flexibility index (Phi) is 1.83. The highest BCUT2D eigenvalue weighted by Gasteiger charge is 2.23. The minimum atomic E-state index is 0.674. The molecule has 2 heteroatoms. The molecule has 64 valence electrons. The Morgan fingerprint density at radius 2 is 2.42 bits per heavy atom. The van der Waals surface area contributed by atoms with Gasteiger partial charge in [0, 0.05) is 12.1 Å². The van der Waals surface area contributed by atoms with Crippen LogP contribution in [0.2, 0.25) is 0 Å². The van der Waals surface area contributed by atoms with Crippen LogP contribution in [-0.4, -0.2) is 9.97 Å². The van der Waals surface area contributed by atoms with E-state index in [9.17, 15) is 0 Å². The van der Waals surface area contributed by atoms with Crippen LogP contribution in [0, 0.1) is 6.92 Å². The molecule has 1 heterocycles. The predicted octanol–water partition coefficient (Wildman–Crippen LogP) is 2.22. The molecule has 0 saturated heterocycles. The first-order valence-electron chi connectivity index (χ1n) is 4.63. The van der Waals surface area contributed by atoms with Crippen LogP contribution in [0.1, 0.15) is 42.8 Å². The van der Waals surface area contributed by atoms with Crippen molar-refractivity contribution in [2.24, 2.45) is 0 Å². The van der Waals surface area contributed by atoms with E-state index in [4.69, 9.17) is 0 Å². The zero-order valence-electron chi connectivity index (χ0n) is 7.67. The van der Waals surface area contributed by atoms with Crippen LogP contribution < -0.4 is 0 Å². The molecule has 1 aliphatic carbocycles. The quantitative estimate of drug-likeness (QED) is 0.632. The number of hydrogen-bond donors (Lipinski definition) is 0. The normalized spacial score (nSPS) is 21.0. The Bertz CT molecular complexity index is 294. The van der Waals surface area contributed by atoms with Crippen molar-refractivity contribution in [3.05, 3.63) is 23.3 Å². The number of fused-ring (bicyclic) bond motifs is 1. The van der Waals surface area contributed by atoms with Gasteiger partial charge in [-0.1, -0.05) is 6.92 Å². The molecular formula is C10H14N2. The number of aryl methyl sites for hydroxylation is 2. The fraction of sp³-hybridized carbons (Fsp3) is 0.600. The minimum Gasteiger partial charge on any atom is -0.257 e. The second kappa shape index (κ2) is 2.85. The largest absolute Gasteiger partial charge is 0.257 e. The predicted molar refractivity (Wildman–Crippen MR) is 48.1 cm³/mol. The van der Waals surface area contributed by atoms with E-state index in [1.807, 2.05) is 13.1 Å². The summed E-state index contributed by atoms with van der Waals surface area (Å²) >= 11 is 0. The standard InChI is InChI=1S/C10H14N2/c1-3-8-4-5-9-10(8)11-6-7(2)12-9/h6,8H,3-5H2,1-2H3. The summed E-state index contributed by atoms with van der Waals surface area (Å²) in [6.07, 6.45) is 5.45. The fourth-order valence-corrected chi connectivity index (χ4v) is 1.91. The lowest BCUT2D eigenvalue weighted by molar-refractivity contribution is 0.642. The van der Waals surface area contributed by atoms with Gasteiger partial charge in [0.15, 0.2) is 0 Å². The average Bonchev–Trinajstić information content (AvgIpc) is 2.46. The average molecular weight is 162 g/mol. The molecule has 0 saturated carbocycles. The third-order valence-electron chi connectivity index (χ3n) is 2.61. The van der Waals surface area contributed by atoms with Gasteiger partial charge in [0.1, 0.15) is 0 Å². The smallest absolute Gasteiger partial charge is 0.0649 e. The highest BCUT2D eigenvalue weighted by molar-refractivity contribution is 5.23. The van der Waals surface area contributed by atoms with Crippen molar-refractivity contribution in [2.45, 2.75) is 39.0 Å². The summed E-state index contributed by atoms with van der Waals surface area (Å²) in [5, 5.41) is 0. The molecule has 2 rings (SSSR count). The summed E-state index contributed by atoms with van der Waals surface area (Å²) in [5.74, 6) is 0.674. The zero-order chi connectivity index (χ0) is 8.55. The molecule has 1 aromatic rings. The number of hydrogen-bond acceptors (Lipinski definition) is 2. The first kappa shape index (κ1) is 7.71. The molecule has 0 aliphatic heterocycles. The van der Waals surface area contributed by atoms with Gasteiger partial charge in [0.25, 0.3) is 0 Å². The van der Waals surface area contributed by atoms with E-state index in [2.05, 4.69) is 16.9 Å². The van der Waals surface area contributed by atoms with Gasteiger partial charge < -0.3 is 0 Å². The fourth-order valence-electron chi connectivity index (χ4n) is 1.91. The topological polar surface area (TPSA) is 25.8 Å². The highest BCUT2D eigenvalue weighted by Crippen LogP contribution is 2.32. The Balaban J connectivity index is 2.40. The number of nitrogens with zero attached hydrogens (tertiary/aromatic N) is 2. The summed E-state index contributed by atoms with van der Waals surface area (Å²) in [7, 11) is 0. The molecule has 1 atom stereocenters. The summed E-state index contributed by atoms with van der Waals surface area (Å²) < 4.78 is 0. The number of aromatic nitrogens is 2. The maximum Gasteiger partial charge on any atom is 0.0649 e. The van der Waals surface area contributed by atoms with Crippen molar-refractivity contribution < 1.29 is 0 Å². The van der Waals surface area contributed by atoms with E-state index in [1.54, 1.807) is 0 Å². The van der Waals surface area contributed by atoms with Crippen molar-refractivity contribution in [3.8, 4) is 0 Å². The van der Waals surface area contributed by atoms with Crippen LogP contribution in [0.15, 0.2) is 6.20 Å². The molecule has 2 nitrogen and oxygen atoms in total. The van der Waals surface area contributed by atoms with Crippen LogP contribution in [-0.2, 0) is 6.42 Å². The zero-order valence-corrected chi connectivity index (χ0v) is 7.67. The SMILES string of the molecule is CCC1CCc2nc(C)cnc21. The first-order valence-corrected chi connectivity index (χ1v) is 4.63. The van der Waals surface area contributed by atoms with Crippen molar-refractivity contribution in [2.75, 3.05) is 0 Å². The lowest BCUT2D eigenvalue weighted by Crippen LogP contribution is -1.97. The Labute approximate surface area is 73.1 Å². The third kappa shape index (κ3) is 1.11. The van der Waals surface area contributed by atoms with E-state index < -0.39 is 0 Å². The number of rotatable bonds is 1. The molecule has 0 aromatic carbocycles. The maximum atomic E-state index is 4.49. The molecule has 1 aromatic heterocycles. The van der Waals surface area contributed by atoms with Crippen LogP contribution >= 0.6 is 0 Å². The summed E-state index contributed by atoms with van der Waals surface area (Å²) in [5.41, 5.74) is 3.54. The van der Waals surface area contributed by atoms with Gasteiger partial charge in [0.2, 0.25) is 0 Å². The third-order valence-corrected chi connectivity index (χ3v) is 2.61. The van der Waals surface area contributed by atoms with Gasteiger partial charge in [-0.2, -0.15) is 0 Å². The lowest BCUT2D eigenvalue weighted by atomic mass is 10.1. The molecule has 0 bridgehead atoms. The molecule has 0 radical (unpaired) electrons. The van der Waals surface area contributed by atoms with E-state index >= 15 is 0 Å². The summed E-state index contributed by atoms with van der Waals surface area (Å²) in [6.45, 7) is 4.23. The van der Waals surface area contributed by atoms with Gasteiger partial charge in [-0.15, -0.1) is 0 Å². The molecule has 0 N–H and O–H groups in total. The van der Waals surface area contributed by atoms with Gasteiger partial charge in [-0.05, 0) is 26.2 Å². The Morgan fingerprint density at radius 1 is 1.58 bits per heavy atom. The van der Waals surface area contributed by atoms with E-state index in [0.29, 0.717) is 5.92 Å². The molecule has 1 unspecified atom stereocenters. The van der Waals surface area contributed by atoms with Crippen LogP contribution in [0.25, 0.3) is 0 Å². The second-order valence-electron chi connectivity index (χ2n) is 3.49. The van der Waals surface area contributed by atoms with E-state index in [-0.39, 0.29) is 0 Å². The van der Waals surface area contributed by atoms with Gasteiger partial charge >= 0.3 is 0 Å². The monoisotopic (exact) mass is 162 g/mol. The molecule has 12 heavy (non-hydrogen) atoms. The summed E-state index contributed by atoms with van der Waals surface area (Å²) in [6, 6.07) is 0. The molecular weight excluding hydrogens is 148 g/mol. The maximum absolute atomic E-state index is 4.49. The van der Waals surface area contributed by atoms with Crippen LogP contribution in [0.3, 0.4) is 0 Å². The lowest BCUT2D eigenvalue weighted by Gasteiger charge is -2.05. The van der Waals surface area contributed by atoms with Crippen LogP contribution in [0.5, 0.6) is 0 Å². The van der Waals surface area contributed by atoms with E-state index in [1.165, 1.54) is 24.2 Å². The Morgan fingerprint density at radius 3 is 3.17 bits per heavy atom. The highest BCUT2D eigenvalue weighted by atomic mass is 14.8. The molecule has 0 spiro atoms. The first-order chi connectivity index (χ1) is 5.81. The van der Waals surface area contributed by atoms with Crippen molar-refractivity contribution in [1.82, 2.24) is 9.97 Å². The van der Waals surface area contributed by atoms with Crippen LogP contribution in [0.4, 0.5) is 0 Å². The molecule has 0 amide bonds. The van der Waals surface area contributed by atoms with Gasteiger partial charge in [0.05, 0.1) is 17.1 Å². The molecule has 1 aliphatic rings. The van der Waals surface area contributed by atoms with Gasteiger partial charge in [-0.3, -0.25) is 9.97 Å². The Hall–Kier alpha value is -0.920. The van der Waals surface area contributed by atoms with Crippen molar-refractivity contribution in [1.29, 1.82) is 0 Å². The molecule has 0 fully saturated rings. The van der Waals surface area contributed by atoms with Crippen molar-refractivity contribution in [3.63, 3.8) is 0 Å². The van der Waals surface area contributed by atoms with Gasteiger partial charge in [-0.25, -0.2) is 0 Å². The van der Waals surface area contributed by atoms with Crippen molar-refractivity contribution >= 4 is 0 Å². The minimum absolute atomic E-state index is 0.674.